The molecule has 0 saturated carbocycles. The predicted molar refractivity (Wildman–Crippen MR) is 79.9 cm³/mol. The lowest BCUT2D eigenvalue weighted by Crippen LogP contribution is -2.33. The lowest BCUT2D eigenvalue weighted by Gasteiger charge is -2.19. The molecule has 0 fully saturated rings. The number of likely N-dealkylation sites (N-methyl/N-ethyl adjacent to an activating group) is 1. The van der Waals surface area contributed by atoms with Crippen molar-refractivity contribution >= 4 is 11.8 Å². The fraction of sp³-hybridized carbons (Fsp3) is 0.600. The van der Waals surface area contributed by atoms with E-state index in [0.717, 1.165) is 13.0 Å². The molecule has 1 unspecified atom stereocenters. The van der Waals surface area contributed by atoms with Gasteiger partial charge in [0.15, 0.2) is 0 Å². The fourth-order valence-corrected chi connectivity index (χ4v) is 2.76. The highest BCUT2D eigenvalue weighted by atomic mass is 32.2. The minimum atomic E-state index is 0.592. The summed E-state index contributed by atoms with van der Waals surface area (Å²) in [6, 6.07) is 9.44. The van der Waals surface area contributed by atoms with Crippen LogP contribution in [-0.2, 0) is 6.42 Å². The van der Waals surface area contributed by atoms with E-state index in [0.29, 0.717) is 11.3 Å². The zero-order valence-electron chi connectivity index (χ0n) is 11.5. The number of nitrogens with one attached hydrogen (secondary N) is 1. The summed E-state index contributed by atoms with van der Waals surface area (Å²) in [5, 5.41) is 4.30. The van der Waals surface area contributed by atoms with E-state index >= 15 is 0 Å². The van der Waals surface area contributed by atoms with E-state index in [4.69, 9.17) is 0 Å². The van der Waals surface area contributed by atoms with Gasteiger partial charge in [0.05, 0.1) is 0 Å². The Morgan fingerprint density at radius 3 is 2.65 bits per heavy atom. The summed E-state index contributed by atoms with van der Waals surface area (Å²) in [7, 11) is 0. The Balaban J connectivity index is 2.53. The van der Waals surface area contributed by atoms with Crippen LogP contribution < -0.4 is 5.32 Å². The number of rotatable bonds is 7. The molecule has 0 heterocycles. The van der Waals surface area contributed by atoms with Gasteiger partial charge in [-0.25, -0.2) is 0 Å². The molecule has 17 heavy (non-hydrogen) atoms. The van der Waals surface area contributed by atoms with Crippen LogP contribution in [0.15, 0.2) is 24.3 Å². The van der Waals surface area contributed by atoms with Gasteiger partial charge in [-0.1, -0.05) is 50.6 Å². The molecule has 0 aliphatic carbocycles. The Morgan fingerprint density at radius 2 is 2.06 bits per heavy atom. The summed E-state index contributed by atoms with van der Waals surface area (Å²) in [6.07, 6.45) is 1.13. The Bertz CT molecular complexity index is 322. The largest absolute Gasteiger partial charge is 0.313 e. The van der Waals surface area contributed by atoms with Crippen LogP contribution in [0, 0.1) is 6.92 Å². The summed E-state index contributed by atoms with van der Waals surface area (Å²) < 4.78 is 0. The zero-order chi connectivity index (χ0) is 12.7. The molecular weight excluding hydrogens is 226 g/mol. The third-order valence-corrected chi connectivity index (χ3v) is 3.95. The molecule has 1 nitrogen and oxygen atoms in total. The van der Waals surface area contributed by atoms with E-state index in [1.807, 2.05) is 11.8 Å². The standard InChI is InChI=1S/C15H25NS/c1-5-16-15(11-17-12(2)3)10-14-8-6-7-13(4)9-14/h6-9,12,15-16H,5,10-11H2,1-4H3. The molecule has 0 saturated heterocycles. The average Bonchev–Trinajstić information content (AvgIpc) is 2.26. The molecule has 0 bridgehead atoms. The molecule has 2 heteroatoms. The summed E-state index contributed by atoms with van der Waals surface area (Å²) >= 11 is 2.04. The number of aryl methyl sites for hydroxylation is 1. The van der Waals surface area contributed by atoms with E-state index < -0.39 is 0 Å². The first-order valence-corrected chi connectivity index (χ1v) is 7.57. The maximum Gasteiger partial charge on any atom is 0.0198 e. The van der Waals surface area contributed by atoms with Crippen molar-refractivity contribution in [1.29, 1.82) is 0 Å². The van der Waals surface area contributed by atoms with Gasteiger partial charge in [-0.15, -0.1) is 0 Å². The highest BCUT2D eigenvalue weighted by Gasteiger charge is 2.09. The van der Waals surface area contributed by atoms with Crippen molar-refractivity contribution in [1.82, 2.24) is 5.32 Å². The van der Waals surface area contributed by atoms with Crippen LogP contribution in [0.3, 0.4) is 0 Å². The van der Waals surface area contributed by atoms with Crippen LogP contribution in [0.2, 0.25) is 0 Å². The van der Waals surface area contributed by atoms with E-state index in [1.54, 1.807) is 0 Å². The van der Waals surface area contributed by atoms with Crippen molar-refractivity contribution < 1.29 is 0 Å². The lowest BCUT2D eigenvalue weighted by atomic mass is 10.0. The maximum absolute atomic E-state index is 3.59. The number of thioether (sulfide) groups is 1. The SMILES string of the molecule is CCNC(CSC(C)C)Cc1cccc(C)c1. The number of benzene rings is 1. The molecule has 96 valence electrons. The quantitative estimate of drug-likeness (QED) is 0.794. The van der Waals surface area contributed by atoms with Crippen LogP contribution in [0.25, 0.3) is 0 Å². The van der Waals surface area contributed by atoms with E-state index in [2.05, 4.69) is 57.3 Å². The smallest absolute Gasteiger partial charge is 0.0198 e. The monoisotopic (exact) mass is 251 g/mol. The Hall–Kier alpha value is -0.470. The van der Waals surface area contributed by atoms with Crippen LogP contribution >= 0.6 is 11.8 Å². The van der Waals surface area contributed by atoms with Gasteiger partial charge in [-0.2, -0.15) is 11.8 Å². The third-order valence-electron chi connectivity index (χ3n) is 2.69. The van der Waals surface area contributed by atoms with Crippen LogP contribution in [0.4, 0.5) is 0 Å². The van der Waals surface area contributed by atoms with Gasteiger partial charge in [0.2, 0.25) is 0 Å². The van der Waals surface area contributed by atoms with Gasteiger partial charge in [0.25, 0.3) is 0 Å². The first-order valence-electron chi connectivity index (χ1n) is 6.52. The Labute approximate surface area is 110 Å². The molecule has 0 aromatic heterocycles. The van der Waals surface area contributed by atoms with Crippen molar-refractivity contribution in [2.45, 2.75) is 45.4 Å². The second-order valence-electron chi connectivity index (χ2n) is 4.83. The van der Waals surface area contributed by atoms with Crippen molar-refractivity contribution in [3.05, 3.63) is 35.4 Å². The first kappa shape index (κ1) is 14.6. The van der Waals surface area contributed by atoms with Gasteiger partial charge in [0.1, 0.15) is 0 Å². The topological polar surface area (TPSA) is 12.0 Å². The normalized spacial score (nSPS) is 13.0. The zero-order valence-corrected chi connectivity index (χ0v) is 12.3. The van der Waals surface area contributed by atoms with Crippen molar-refractivity contribution in [2.24, 2.45) is 0 Å². The van der Waals surface area contributed by atoms with Gasteiger partial charge in [-0.3, -0.25) is 0 Å². The highest BCUT2D eigenvalue weighted by Crippen LogP contribution is 2.14. The first-order chi connectivity index (χ1) is 8.11. The van der Waals surface area contributed by atoms with Gasteiger partial charge in [-0.05, 0) is 30.7 Å². The second-order valence-corrected chi connectivity index (χ2v) is 6.44. The maximum atomic E-state index is 3.59. The van der Waals surface area contributed by atoms with Gasteiger partial charge in [0, 0.05) is 11.8 Å². The van der Waals surface area contributed by atoms with Crippen LogP contribution in [0.5, 0.6) is 0 Å². The molecular formula is C15H25NS. The lowest BCUT2D eigenvalue weighted by molar-refractivity contribution is 0.572. The van der Waals surface area contributed by atoms with E-state index in [9.17, 15) is 0 Å². The summed E-state index contributed by atoms with van der Waals surface area (Å²) in [4.78, 5) is 0. The molecule has 1 N–H and O–H groups in total. The predicted octanol–water partition coefficient (Wildman–Crippen LogP) is 3.66. The van der Waals surface area contributed by atoms with E-state index in [1.165, 1.54) is 16.9 Å². The molecule has 1 aromatic rings. The average molecular weight is 251 g/mol. The fourth-order valence-electron chi connectivity index (χ4n) is 1.91. The third kappa shape index (κ3) is 6.13. The molecule has 1 rings (SSSR count). The van der Waals surface area contributed by atoms with Crippen LogP contribution in [-0.4, -0.2) is 23.6 Å². The molecule has 0 radical (unpaired) electrons. The summed E-state index contributed by atoms with van der Waals surface area (Å²) in [5.41, 5.74) is 2.80. The second kappa shape index (κ2) is 7.78. The minimum Gasteiger partial charge on any atom is -0.313 e. The highest BCUT2D eigenvalue weighted by molar-refractivity contribution is 7.99. The summed E-state index contributed by atoms with van der Waals surface area (Å²) in [5.74, 6) is 1.19. The molecule has 1 aromatic carbocycles. The molecule has 0 aliphatic rings. The molecule has 1 atom stereocenters. The van der Waals surface area contributed by atoms with Crippen molar-refractivity contribution in [3.8, 4) is 0 Å². The molecule has 0 aliphatic heterocycles. The summed E-state index contributed by atoms with van der Waals surface area (Å²) in [6.45, 7) is 9.92. The number of hydrogen-bond acceptors (Lipinski definition) is 2. The van der Waals surface area contributed by atoms with Crippen molar-refractivity contribution in [2.75, 3.05) is 12.3 Å². The van der Waals surface area contributed by atoms with Crippen LogP contribution in [0.1, 0.15) is 31.9 Å². The molecule has 0 amide bonds. The number of hydrogen-bond donors (Lipinski definition) is 1. The van der Waals surface area contributed by atoms with Gasteiger partial charge >= 0.3 is 0 Å². The Morgan fingerprint density at radius 1 is 1.29 bits per heavy atom. The van der Waals surface area contributed by atoms with E-state index in [-0.39, 0.29) is 0 Å². The Kier molecular flexibility index (Phi) is 6.68. The minimum absolute atomic E-state index is 0.592. The van der Waals surface area contributed by atoms with Crippen molar-refractivity contribution in [3.63, 3.8) is 0 Å². The van der Waals surface area contributed by atoms with Gasteiger partial charge < -0.3 is 5.32 Å². The molecule has 0 spiro atoms.